The monoisotopic (exact) mass is 368 g/mol. The van der Waals surface area contributed by atoms with E-state index >= 15 is 0 Å². The average Bonchev–Trinajstić information content (AvgIpc) is 2.93. The molecule has 2 rings (SSSR count). The largest absolute Gasteiger partial charge is 0.511 e. The standard InChI is InChI=1S/C11H13NO7.C4H3NO2/c1-3-17-9-7(12(15)16)5-6-8(19-11(13)14)10(9)18-4-2;6-3-1-2-4(7)5-3/h5-6H,3-4H2,1-2H3,(H,13,14);1-2H,(H,5,6,7). The zero-order valence-corrected chi connectivity index (χ0v) is 13.9. The Hall–Kier alpha value is -3.63. The van der Waals surface area contributed by atoms with Crippen LogP contribution in [0.3, 0.4) is 0 Å². The predicted molar refractivity (Wildman–Crippen MR) is 86.4 cm³/mol. The van der Waals surface area contributed by atoms with E-state index in [9.17, 15) is 24.5 Å². The third-order valence-corrected chi connectivity index (χ3v) is 2.66. The topological polar surface area (TPSA) is 154 Å². The number of carbonyl (C=O) groups is 3. The van der Waals surface area contributed by atoms with Crippen molar-refractivity contribution in [2.45, 2.75) is 13.8 Å². The van der Waals surface area contributed by atoms with E-state index in [0.29, 0.717) is 0 Å². The van der Waals surface area contributed by atoms with Crippen LogP contribution in [0.1, 0.15) is 13.8 Å². The Morgan fingerprint density at radius 1 is 1.12 bits per heavy atom. The van der Waals surface area contributed by atoms with E-state index in [0.717, 1.165) is 12.1 Å². The Bertz CT molecular complexity index is 727. The number of hydrogen-bond donors (Lipinski definition) is 2. The van der Waals surface area contributed by atoms with Crippen LogP contribution in [0, 0.1) is 10.1 Å². The summed E-state index contributed by atoms with van der Waals surface area (Å²) in [5.41, 5.74) is -0.317. The van der Waals surface area contributed by atoms with Gasteiger partial charge in [0.15, 0.2) is 5.75 Å². The van der Waals surface area contributed by atoms with Crippen molar-refractivity contribution in [1.29, 1.82) is 0 Å². The molecule has 0 fully saturated rings. The first-order chi connectivity index (χ1) is 12.3. The van der Waals surface area contributed by atoms with Crippen molar-refractivity contribution in [2.75, 3.05) is 13.2 Å². The number of rotatable bonds is 6. The van der Waals surface area contributed by atoms with Crippen LogP contribution in [0.15, 0.2) is 24.3 Å². The second-order valence-electron chi connectivity index (χ2n) is 4.42. The molecule has 2 amide bonds. The molecule has 0 radical (unpaired) electrons. The molecule has 1 aliphatic rings. The summed E-state index contributed by atoms with van der Waals surface area (Å²) in [6, 6.07) is 2.26. The summed E-state index contributed by atoms with van der Waals surface area (Å²) in [7, 11) is 0. The highest BCUT2D eigenvalue weighted by Crippen LogP contribution is 2.44. The Labute approximate surface area is 147 Å². The molecule has 11 nitrogen and oxygen atoms in total. The van der Waals surface area contributed by atoms with Gasteiger partial charge in [0.1, 0.15) is 0 Å². The molecule has 0 saturated carbocycles. The minimum absolute atomic E-state index is 0.0963. The molecule has 0 atom stereocenters. The number of benzene rings is 1. The zero-order valence-electron chi connectivity index (χ0n) is 13.9. The van der Waals surface area contributed by atoms with Gasteiger partial charge in [-0.3, -0.25) is 25.0 Å². The minimum atomic E-state index is -1.54. The SMILES string of the molecule is CCOc1c(OC(=O)O)ccc([N+](=O)[O-])c1OCC.O=C1C=CC(=O)N1. The number of ether oxygens (including phenoxy) is 3. The normalized spacial score (nSPS) is 11.9. The molecule has 0 bridgehead atoms. The summed E-state index contributed by atoms with van der Waals surface area (Å²) < 4.78 is 14.9. The summed E-state index contributed by atoms with van der Waals surface area (Å²) >= 11 is 0. The van der Waals surface area contributed by atoms with Crippen molar-refractivity contribution in [3.05, 3.63) is 34.4 Å². The molecule has 0 unspecified atom stereocenters. The molecule has 1 aliphatic heterocycles. The van der Waals surface area contributed by atoms with Crippen molar-refractivity contribution >= 4 is 23.7 Å². The van der Waals surface area contributed by atoms with Crippen molar-refractivity contribution in [3.8, 4) is 17.2 Å². The molecule has 1 heterocycles. The first-order valence-electron chi connectivity index (χ1n) is 7.30. The van der Waals surface area contributed by atoms with Crippen LogP contribution in [-0.2, 0) is 9.59 Å². The number of hydrogen-bond acceptors (Lipinski definition) is 8. The van der Waals surface area contributed by atoms with Gasteiger partial charge in [0, 0.05) is 18.2 Å². The maximum absolute atomic E-state index is 10.9. The van der Waals surface area contributed by atoms with Gasteiger partial charge in [0.2, 0.25) is 11.5 Å². The smallest absolute Gasteiger partial charge is 0.487 e. The molecular formula is C15H16N2O9. The van der Waals surface area contributed by atoms with Gasteiger partial charge in [-0.05, 0) is 19.9 Å². The van der Waals surface area contributed by atoms with Crippen molar-refractivity contribution in [1.82, 2.24) is 5.32 Å². The predicted octanol–water partition coefficient (Wildman–Crippen LogP) is 1.65. The minimum Gasteiger partial charge on any atom is -0.487 e. The van der Waals surface area contributed by atoms with Crippen LogP contribution in [0.25, 0.3) is 0 Å². The van der Waals surface area contributed by atoms with Crippen LogP contribution in [0.5, 0.6) is 17.2 Å². The number of nitro benzene ring substituents is 1. The summed E-state index contributed by atoms with van der Waals surface area (Å²) in [6.07, 6.45) is 0.849. The second-order valence-corrected chi connectivity index (χ2v) is 4.42. The van der Waals surface area contributed by atoms with Gasteiger partial charge in [-0.15, -0.1) is 0 Å². The van der Waals surface area contributed by atoms with Crippen LogP contribution in [0.2, 0.25) is 0 Å². The molecule has 2 N–H and O–H groups in total. The summed E-state index contributed by atoms with van der Waals surface area (Å²) in [4.78, 5) is 40.9. The fourth-order valence-corrected chi connectivity index (χ4v) is 1.77. The number of nitrogens with one attached hydrogen (secondary N) is 1. The molecule has 1 aromatic carbocycles. The van der Waals surface area contributed by atoms with Crippen LogP contribution in [0.4, 0.5) is 10.5 Å². The first-order valence-corrected chi connectivity index (χ1v) is 7.30. The van der Waals surface area contributed by atoms with Crippen molar-refractivity contribution in [3.63, 3.8) is 0 Å². The average molecular weight is 368 g/mol. The highest BCUT2D eigenvalue weighted by atomic mass is 16.7. The fraction of sp³-hybridized carbons (Fsp3) is 0.267. The molecule has 140 valence electrons. The van der Waals surface area contributed by atoms with Crippen molar-refractivity contribution in [2.24, 2.45) is 0 Å². The van der Waals surface area contributed by atoms with Crippen LogP contribution in [-0.4, -0.2) is 41.2 Å². The lowest BCUT2D eigenvalue weighted by Crippen LogP contribution is -2.19. The van der Waals surface area contributed by atoms with Gasteiger partial charge in [-0.2, -0.15) is 0 Å². The second kappa shape index (κ2) is 9.61. The molecule has 1 aromatic rings. The van der Waals surface area contributed by atoms with Crippen LogP contribution < -0.4 is 19.5 Å². The molecule has 26 heavy (non-hydrogen) atoms. The molecule has 0 spiro atoms. The maximum atomic E-state index is 10.9. The van der Waals surface area contributed by atoms with Gasteiger partial charge >= 0.3 is 11.8 Å². The summed E-state index contributed by atoms with van der Waals surface area (Å²) in [5.74, 6) is -1.05. The van der Waals surface area contributed by atoms with Gasteiger partial charge in [-0.25, -0.2) is 4.79 Å². The van der Waals surface area contributed by atoms with Gasteiger partial charge in [0.25, 0.3) is 11.8 Å². The van der Waals surface area contributed by atoms with E-state index in [-0.39, 0.29) is 48.0 Å². The number of imide groups is 1. The quantitative estimate of drug-likeness (QED) is 0.251. The summed E-state index contributed by atoms with van der Waals surface area (Å²) in [5, 5.41) is 21.5. The number of nitro groups is 1. The van der Waals surface area contributed by atoms with E-state index in [1.54, 1.807) is 13.8 Å². The Morgan fingerprint density at radius 3 is 2.04 bits per heavy atom. The number of amides is 2. The third-order valence-electron chi connectivity index (χ3n) is 2.66. The van der Waals surface area contributed by atoms with E-state index in [4.69, 9.17) is 14.6 Å². The van der Waals surface area contributed by atoms with Gasteiger partial charge < -0.3 is 19.3 Å². The van der Waals surface area contributed by atoms with Gasteiger partial charge in [-0.1, -0.05) is 0 Å². The van der Waals surface area contributed by atoms with E-state index < -0.39 is 11.1 Å². The third kappa shape index (κ3) is 5.78. The molecule has 0 aliphatic carbocycles. The Kier molecular flexibility index (Phi) is 7.55. The molecule has 0 aromatic heterocycles. The fourth-order valence-electron chi connectivity index (χ4n) is 1.77. The zero-order chi connectivity index (χ0) is 19.7. The number of nitrogens with zero attached hydrogens (tertiary/aromatic N) is 1. The van der Waals surface area contributed by atoms with E-state index in [2.05, 4.69) is 4.74 Å². The van der Waals surface area contributed by atoms with E-state index in [1.165, 1.54) is 12.2 Å². The maximum Gasteiger partial charge on any atom is 0.511 e. The molecule has 0 saturated heterocycles. The first kappa shape index (κ1) is 20.4. The Morgan fingerprint density at radius 2 is 1.65 bits per heavy atom. The highest BCUT2D eigenvalue weighted by Gasteiger charge is 2.25. The lowest BCUT2D eigenvalue weighted by atomic mass is 10.2. The number of carbonyl (C=O) groups excluding carboxylic acids is 2. The highest BCUT2D eigenvalue weighted by molar-refractivity contribution is 6.12. The van der Waals surface area contributed by atoms with Crippen molar-refractivity contribution < 1.29 is 38.6 Å². The van der Waals surface area contributed by atoms with E-state index in [1.807, 2.05) is 5.32 Å². The summed E-state index contributed by atoms with van der Waals surface area (Å²) in [6.45, 7) is 3.64. The lowest BCUT2D eigenvalue weighted by molar-refractivity contribution is -0.386. The number of carboxylic acid groups (broad SMARTS) is 1. The van der Waals surface area contributed by atoms with Gasteiger partial charge in [0.05, 0.1) is 18.1 Å². The lowest BCUT2D eigenvalue weighted by Gasteiger charge is -2.13. The Balaban J connectivity index is 0.000000401. The molecular weight excluding hydrogens is 352 g/mol. The molecule has 11 heteroatoms. The van der Waals surface area contributed by atoms with Crippen LogP contribution >= 0.6 is 0 Å².